The summed E-state index contributed by atoms with van der Waals surface area (Å²) in [5, 5.41) is 2.36. The molecule has 5 nitrogen and oxygen atoms in total. The Morgan fingerprint density at radius 2 is 1.77 bits per heavy atom. The SMILES string of the molecule is O=C(Nc1ccccc1Cl)C1CC(=O)N(Cc2ccccc2)C(=Nc2cccc(C(F)(F)F)c2)S1. The second kappa shape index (κ2) is 10.5. The van der Waals surface area contributed by atoms with Gasteiger partial charge >= 0.3 is 6.18 Å². The van der Waals surface area contributed by atoms with Crippen LogP contribution < -0.4 is 5.32 Å². The average Bonchev–Trinajstić information content (AvgIpc) is 2.83. The van der Waals surface area contributed by atoms with Crippen molar-refractivity contribution in [2.24, 2.45) is 4.99 Å². The molecule has 0 aliphatic carbocycles. The molecule has 1 aliphatic rings. The minimum Gasteiger partial charge on any atom is -0.324 e. The average molecular weight is 518 g/mol. The van der Waals surface area contributed by atoms with Gasteiger partial charge in [0.05, 0.1) is 28.5 Å². The van der Waals surface area contributed by atoms with Crippen molar-refractivity contribution < 1.29 is 22.8 Å². The lowest BCUT2D eigenvalue weighted by Crippen LogP contribution is -2.44. The van der Waals surface area contributed by atoms with Crippen LogP contribution in [0.3, 0.4) is 0 Å². The van der Waals surface area contributed by atoms with Crippen molar-refractivity contribution in [2.45, 2.75) is 24.4 Å². The summed E-state index contributed by atoms with van der Waals surface area (Å²) in [5.74, 6) is -0.815. The maximum Gasteiger partial charge on any atom is 0.416 e. The second-order valence-corrected chi connectivity index (χ2v) is 9.26. The molecule has 0 aromatic heterocycles. The molecule has 4 rings (SSSR count). The number of nitrogens with zero attached hydrogens (tertiary/aromatic N) is 2. The molecule has 3 aromatic rings. The lowest BCUT2D eigenvalue weighted by atomic mass is 10.2. The van der Waals surface area contributed by atoms with Crippen LogP contribution in [0.5, 0.6) is 0 Å². The molecular formula is C25H19ClF3N3O2S. The molecule has 0 saturated carbocycles. The largest absolute Gasteiger partial charge is 0.416 e. The van der Waals surface area contributed by atoms with E-state index in [1.807, 2.05) is 30.3 Å². The van der Waals surface area contributed by atoms with Crippen molar-refractivity contribution in [1.82, 2.24) is 4.90 Å². The molecule has 180 valence electrons. The molecule has 1 saturated heterocycles. The van der Waals surface area contributed by atoms with Gasteiger partial charge in [0.25, 0.3) is 0 Å². The Hall–Kier alpha value is -3.30. The van der Waals surface area contributed by atoms with Crippen LogP contribution >= 0.6 is 23.4 Å². The van der Waals surface area contributed by atoms with Crippen molar-refractivity contribution in [3.05, 3.63) is 95.0 Å². The number of nitrogens with one attached hydrogen (secondary N) is 1. The molecule has 1 aliphatic heterocycles. The van der Waals surface area contributed by atoms with Crippen LogP contribution in [0, 0.1) is 0 Å². The van der Waals surface area contributed by atoms with E-state index in [9.17, 15) is 22.8 Å². The standard InChI is InChI=1S/C25H19ClF3N3O2S/c26-19-11-4-5-12-20(19)31-23(34)21-14-22(33)32(15-16-7-2-1-3-8-16)24(35-21)30-18-10-6-9-17(13-18)25(27,28)29/h1-13,21H,14-15H2,(H,31,34). The molecule has 35 heavy (non-hydrogen) atoms. The topological polar surface area (TPSA) is 61.8 Å². The number of rotatable bonds is 5. The first kappa shape index (κ1) is 24.8. The number of aliphatic imine (C=N–C) groups is 1. The van der Waals surface area contributed by atoms with Crippen molar-refractivity contribution in [2.75, 3.05) is 5.32 Å². The van der Waals surface area contributed by atoms with Crippen LogP contribution in [0.15, 0.2) is 83.9 Å². The third-order valence-corrected chi connectivity index (χ3v) is 6.66. The Morgan fingerprint density at radius 1 is 1.06 bits per heavy atom. The van der Waals surface area contributed by atoms with Crippen molar-refractivity contribution in [3.8, 4) is 0 Å². The van der Waals surface area contributed by atoms with Gasteiger partial charge in [-0.1, -0.05) is 71.9 Å². The van der Waals surface area contributed by atoms with Crippen molar-refractivity contribution >= 4 is 51.7 Å². The number of para-hydroxylation sites is 1. The quantitative estimate of drug-likeness (QED) is 0.419. The zero-order chi connectivity index (χ0) is 25.0. The van der Waals surface area contributed by atoms with Crippen LogP contribution in [0.4, 0.5) is 24.5 Å². The smallest absolute Gasteiger partial charge is 0.324 e. The number of hydrogen-bond donors (Lipinski definition) is 1. The number of carbonyl (C=O) groups excluding carboxylic acids is 2. The molecule has 0 spiro atoms. The normalized spacial score (nSPS) is 17.5. The van der Waals surface area contributed by atoms with Crippen LogP contribution in [-0.2, 0) is 22.3 Å². The minimum absolute atomic E-state index is 0.0281. The summed E-state index contributed by atoms with van der Waals surface area (Å²) in [6.07, 6.45) is -4.64. The first-order valence-corrected chi connectivity index (χ1v) is 11.8. The lowest BCUT2D eigenvalue weighted by Gasteiger charge is -2.32. The first-order valence-electron chi connectivity index (χ1n) is 10.5. The van der Waals surface area contributed by atoms with Crippen LogP contribution in [0.2, 0.25) is 5.02 Å². The maximum atomic E-state index is 13.2. The Labute approximate surface area is 209 Å². The van der Waals surface area contributed by atoms with E-state index in [2.05, 4.69) is 10.3 Å². The number of amides is 2. The molecule has 2 amide bonds. The van der Waals surface area contributed by atoms with Gasteiger partial charge in [-0.3, -0.25) is 14.5 Å². The molecule has 1 N–H and O–H groups in total. The fourth-order valence-corrected chi connectivity index (χ4v) is 4.68. The van der Waals surface area contributed by atoms with E-state index in [1.54, 1.807) is 24.3 Å². The molecule has 1 unspecified atom stereocenters. The van der Waals surface area contributed by atoms with Gasteiger partial charge < -0.3 is 5.32 Å². The number of carbonyl (C=O) groups is 2. The van der Waals surface area contributed by atoms with E-state index >= 15 is 0 Å². The Kier molecular flexibility index (Phi) is 7.47. The summed E-state index contributed by atoms with van der Waals surface area (Å²) >= 11 is 7.15. The van der Waals surface area contributed by atoms with E-state index in [0.29, 0.717) is 10.7 Å². The highest BCUT2D eigenvalue weighted by atomic mass is 35.5. The number of hydrogen-bond acceptors (Lipinski definition) is 4. The molecule has 10 heteroatoms. The molecular weight excluding hydrogens is 499 g/mol. The minimum atomic E-state index is -4.53. The van der Waals surface area contributed by atoms with Gasteiger partial charge in [-0.25, -0.2) is 4.99 Å². The second-order valence-electron chi connectivity index (χ2n) is 7.69. The van der Waals surface area contributed by atoms with Gasteiger partial charge in [-0.2, -0.15) is 13.2 Å². The molecule has 0 radical (unpaired) electrons. The van der Waals surface area contributed by atoms with E-state index in [0.717, 1.165) is 29.5 Å². The molecule has 1 fully saturated rings. The summed E-state index contributed by atoms with van der Waals surface area (Å²) in [7, 11) is 0. The van der Waals surface area contributed by atoms with E-state index < -0.39 is 22.9 Å². The van der Waals surface area contributed by atoms with E-state index in [1.165, 1.54) is 17.0 Å². The van der Waals surface area contributed by atoms with Gasteiger partial charge in [0, 0.05) is 6.42 Å². The fourth-order valence-electron chi connectivity index (χ4n) is 3.40. The number of anilines is 1. The van der Waals surface area contributed by atoms with E-state index in [4.69, 9.17) is 11.6 Å². The maximum absolute atomic E-state index is 13.2. The summed E-state index contributed by atoms with van der Waals surface area (Å²) < 4.78 is 39.6. The number of benzene rings is 3. The number of amidine groups is 1. The fraction of sp³-hybridized carbons (Fsp3) is 0.160. The van der Waals surface area contributed by atoms with Crippen LogP contribution in [-0.4, -0.2) is 27.1 Å². The third kappa shape index (κ3) is 6.23. The third-order valence-electron chi connectivity index (χ3n) is 5.15. The summed E-state index contributed by atoms with van der Waals surface area (Å²) in [4.78, 5) is 31.8. The van der Waals surface area contributed by atoms with E-state index in [-0.39, 0.29) is 29.7 Å². The first-order chi connectivity index (χ1) is 16.7. The van der Waals surface area contributed by atoms with Gasteiger partial charge in [-0.15, -0.1) is 0 Å². The van der Waals surface area contributed by atoms with Gasteiger partial charge in [0.15, 0.2) is 5.17 Å². The predicted octanol–water partition coefficient (Wildman–Crippen LogP) is 6.52. The van der Waals surface area contributed by atoms with Gasteiger partial charge in [0.1, 0.15) is 5.25 Å². The van der Waals surface area contributed by atoms with Gasteiger partial charge in [0.2, 0.25) is 11.8 Å². The molecule has 1 heterocycles. The highest BCUT2D eigenvalue weighted by Crippen LogP contribution is 2.34. The number of thioether (sulfide) groups is 1. The monoisotopic (exact) mass is 517 g/mol. The molecule has 0 bridgehead atoms. The van der Waals surface area contributed by atoms with Gasteiger partial charge in [-0.05, 0) is 35.9 Å². The zero-order valence-electron chi connectivity index (χ0n) is 18.1. The summed E-state index contributed by atoms with van der Waals surface area (Å²) in [6.45, 7) is 0.170. The van der Waals surface area contributed by atoms with Crippen LogP contribution in [0.1, 0.15) is 17.5 Å². The Balaban J connectivity index is 1.65. The zero-order valence-corrected chi connectivity index (χ0v) is 19.7. The summed E-state index contributed by atoms with van der Waals surface area (Å²) in [5.41, 5.74) is 0.391. The lowest BCUT2D eigenvalue weighted by molar-refractivity contribution is -0.137. The number of alkyl halides is 3. The van der Waals surface area contributed by atoms with Crippen molar-refractivity contribution in [3.63, 3.8) is 0 Å². The van der Waals surface area contributed by atoms with Crippen molar-refractivity contribution in [1.29, 1.82) is 0 Å². The Bertz CT molecular complexity index is 1270. The predicted molar refractivity (Wildman–Crippen MR) is 132 cm³/mol. The molecule has 1 atom stereocenters. The molecule has 3 aromatic carbocycles. The highest BCUT2D eigenvalue weighted by molar-refractivity contribution is 8.15. The highest BCUT2D eigenvalue weighted by Gasteiger charge is 2.36. The Morgan fingerprint density at radius 3 is 2.49 bits per heavy atom. The summed E-state index contributed by atoms with van der Waals surface area (Å²) in [6, 6.07) is 20.3. The number of halogens is 4. The van der Waals surface area contributed by atoms with Crippen LogP contribution in [0.25, 0.3) is 0 Å².